The Bertz CT molecular complexity index is 356. The van der Waals surface area contributed by atoms with Crippen molar-refractivity contribution in [2.45, 2.75) is 6.92 Å². The first-order valence-corrected chi connectivity index (χ1v) is 3.96. The maximum Gasteiger partial charge on any atom is 0 e. The maximum absolute atomic E-state index is 3.91. The number of nitrogens with zero attached hydrogens (tertiary/aromatic N) is 1. The van der Waals surface area contributed by atoms with Gasteiger partial charge in [0.25, 0.3) is 0 Å². The smallest absolute Gasteiger partial charge is 0 e. The van der Waals surface area contributed by atoms with E-state index in [2.05, 4.69) is 23.5 Å². The van der Waals surface area contributed by atoms with E-state index in [0.717, 1.165) is 4.70 Å². The summed E-state index contributed by atoms with van der Waals surface area (Å²) in [6, 6.07) is 2.03. The van der Waals surface area contributed by atoms with E-state index >= 15 is 0 Å². The number of pyridine rings is 1. The molecule has 0 saturated carbocycles. The molecular formula is C8H6NSY-. The van der Waals surface area contributed by atoms with Crippen LogP contribution in [0.15, 0.2) is 17.6 Å². The zero-order valence-corrected chi connectivity index (χ0v) is 9.82. The second-order valence-electron chi connectivity index (χ2n) is 2.22. The molecule has 0 aliphatic carbocycles. The molecule has 0 aliphatic heterocycles. The van der Waals surface area contributed by atoms with E-state index in [4.69, 9.17) is 0 Å². The van der Waals surface area contributed by atoms with Gasteiger partial charge in [-0.1, -0.05) is 22.7 Å². The summed E-state index contributed by atoms with van der Waals surface area (Å²) in [4.78, 5) is 3.91. The fraction of sp³-hybridized carbons (Fsp3) is 0.125. The summed E-state index contributed by atoms with van der Waals surface area (Å²) < 4.78 is 1.15. The number of fused-ring (bicyclic) bond motifs is 1. The van der Waals surface area contributed by atoms with Gasteiger partial charge in [-0.05, 0) is 12.3 Å². The zero-order valence-electron chi connectivity index (χ0n) is 6.16. The molecule has 2 rings (SSSR count). The van der Waals surface area contributed by atoms with Crippen molar-refractivity contribution in [2.75, 3.05) is 0 Å². The summed E-state index contributed by atoms with van der Waals surface area (Å²) in [5.74, 6) is 0. The van der Waals surface area contributed by atoms with E-state index in [-0.39, 0.29) is 32.7 Å². The van der Waals surface area contributed by atoms with E-state index in [1.54, 1.807) is 17.5 Å². The quantitative estimate of drug-likeness (QED) is 0.641. The standard InChI is InChI=1S/C8H6NS.Y/c1-6-5-10-8-4-9-3-2-7(6)8;/h2-3,5H,1H3;/q-1;. The molecule has 0 bridgehead atoms. The number of aromatic nitrogens is 1. The summed E-state index contributed by atoms with van der Waals surface area (Å²) in [7, 11) is 0. The Hall–Kier alpha value is 0.214. The third-order valence-corrected chi connectivity index (χ3v) is 2.52. The second kappa shape index (κ2) is 3.75. The predicted octanol–water partition coefficient (Wildman–Crippen LogP) is 2.40. The predicted molar refractivity (Wildman–Crippen MR) is 43.2 cm³/mol. The Labute approximate surface area is 94.7 Å². The van der Waals surface area contributed by atoms with Crippen molar-refractivity contribution in [3.8, 4) is 0 Å². The molecular weight excluding hydrogens is 231 g/mol. The largest absolute Gasteiger partial charge is 0.393 e. The molecule has 0 N–H and O–H groups in total. The van der Waals surface area contributed by atoms with Crippen molar-refractivity contribution in [1.82, 2.24) is 4.98 Å². The van der Waals surface area contributed by atoms with Gasteiger partial charge in [0, 0.05) is 32.7 Å². The molecule has 0 fully saturated rings. The van der Waals surface area contributed by atoms with Crippen molar-refractivity contribution in [3.05, 3.63) is 29.4 Å². The first-order chi connectivity index (χ1) is 4.88. The average Bonchev–Trinajstić information content (AvgIpc) is 2.34. The van der Waals surface area contributed by atoms with Gasteiger partial charge in [-0.25, -0.2) is 0 Å². The monoisotopic (exact) mass is 237 g/mol. The number of rotatable bonds is 0. The minimum absolute atomic E-state index is 0. The summed E-state index contributed by atoms with van der Waals surface area (Å²) >= 11 is 1.70. The molecule has 0 spiro atoms. The van der Waals surface area contributed by atoms with Gasteiger partial charge in [0.15, 0.2) is 0 Å². The second-order valence-corrected chi connectivity index (χ2v) is 3.10. The molecule has 53 valence electrons. The minimum Gasteiger partial charge on any atom is -0.393 e. The molecule has 11 heavy (non-hydrogen) atoms. The van der Waals surface area contributed by atoms with Crippen LogP contribution in [0.1, 0.15) is 5.56 Å². The van der Waals surface area contributed by atoms with Crippen LogP contribution in [0.3, 0.4) is 0 Å². The average molecular weight is 237 g/mol. The van der Waals surface area contributed by atoms with E-state index in [0.29, 0.717) is 0 Å². The van der Waals surface area contributed by atoms with Crippen LogP contribution in [0.2, 0.25) is 0 Å². The van der Waals surface area contributed by atoms with Gasteiger partial charge < -0.3 is 4.98 Å². The van der Waals surface area contributed by atoms with Crippen molar-refractivity contribution < 1.29 is 32.7 Å². The molecule has 0 aliphatic rings. The van der Waals surface area contributed by atoms with Crippen LogP contribution in [0.25, 0.3) is 10.1 Å². The third kappa shape index (κ3) is 1.69. The molecule has 0 aromatic carbocycles. The molecule has 2 aromatic heterocycles. The number of hydrogen-bond donors (Lipinski definition) is 0. The first-order valence-electron chi connectivity index (χ1n) is 3.08. The van der Waals surface area contributed by atoms with E-state index in [9.17, 15) is 0 Å². The van der Waals surface area contributed by atoms with Crippen LogP contribution in [-0.4, -0.2) is 4.98 Å². The van der Waals surface area contributed by atoms with Gasteiger partial charge in [-0.15, -0.1) is 11.5 Å². The van der Waals surface area contributed by atoms with Gasteiger partial charge in [-0.2, -0.15) is 11.3 Å². The summed E-state index contributed by atoms with van der Waals surface area (Å²) in [5.41, 5.74) is 1.32. The molecule has 0 amide bonds. The zero-order chi connectivity index (χ0) is 6.97. The molecule has 0 saturated heterocycles. The van der Waals surface area contributed by atoms with E-state index in [1.807, 2.05) is 6.07 Å². The minimum atomic E-state index is 0. The van der Waals surface area contributed by atoms with Crippen LogP contribution in [-0.2, 0) is 32.7 Å². The van der Waals surface area contributed by atoms with Gasteiger partial charge in [-0.3, -0.25) is 0 Å². The van der Waals surface area contributed by atoms with Crippen molar-refractivity contribution in [3.63, 3.8) is 0 Å². The fourth-order valence-electron chi connectivity index (χ4n) is 0.955. The number of thiophene rings is 1. The van der Waals surface area contributed by atoms with Gasteiger partial charge >= 0.3 is 0 Å². The SMILES string of the molecule is Cc1csc2[c-]nccc12.[Y]. The molecule has 2 heterocycles. The van der Waals surface area contributed by atoms with Crippen LogP contribution in [0, 0.1) is 13.1 Å². The Balaban J connectivity index is 0.000000605. The van der Waals surface area contributed by atoms with Crippen LogP contribution in [0.5, 0.6) is 0 Å². The number of aryl methyl sites for hydroxylation is 1. The third-order valence-electron chi connectivity index (χ3n) is 1.50. The van der Waals surface area contributed by atoms with Crippen molar-refractivity contribution in [2.24, 2.45) is 0 Å². The van der Waals surface area contributed by atoms with Gasteiger partial charge in [0.1, 0.15) is 0 Å². The summed E-state index contributed by atoms with van der Waals surface area (Å²) in [6.45, 7) is 2.10. The Morgan fingerprint density at radius 1 is 1.55 bits per heavy atom. The summed E-state index contributed by atoms with van der Waals surface area (Å²) in [6.07, 6.45) is 4.72. The molecule has 3 heteroatoms. The van der Waals surface area contributed by atoms with Crippen LogP contribution < -0.4 is 0 Å². The Morgan fingerprint density at radius 3 is 3.09 bits per heavy atom. The normalized spacial score (nSPS) is 9.55. The number of hydrogen-bond acceptors (Lipinski definition) is 2. The van der Waals surface area contributed by atoms with Crippen molar-refractivity contribution in [1.29, 1.82) is 0 Å². The van der Waals surface area contributed by atoms with Crippen LogP contribution in [0.4, 0.5) is 0 Å². The Morgan fingerprint density at radius 2 is 2.36 bits per heavy atom. The topological polar surface area (TPSA) is 12.9 Å². The molecule has 0 atom stereocenters. The van der Waals surface area contributed by atoms with Gasteiger partial charge in [0.2, 0.25) is 0 Å². The first kappa shape index (κ1) is 9.30. The molecule has 1 radical (unpaired) electrons. The Kier molecular flexibility index (Phi) is 3.17. The fourth-order valence-corrected chi connectivity index (χ4v) is 1.84. The van der Waals surface area contributed by atoms with E-state index < -0.39 is 0 Å². The van der Waals surface area contributed by atoms with Gasteiger partial charge in [0.05, 0.1) is 0 Å². The van der Waals surface area contributed by atoms with Crippen molar-refractivity contribution >= 4 is 21.4 Å². The molecule has 2 aromatic rings. The molecule has 0 unspecified atom stereocenters. The maximum atomic E-state index is 3.91. The van der Waals surface area contributed by atoms with Crippen LogP contribution >= 0.6 is 11.3 Å². The summed E-state index contributed by atoms with van der Waals surface area (Å²) in [5, 5.41) is 3.41. The van der Waals surface area contributed by atoms with E-state index in [1.165, 1.54) is 10.9 Å². The molecule has 1 nitrogen and oxygen atoms in total.